The van der Waals surface area contributed by atoms with Crippen LogP contribution in [0, 0.1) is 12.7 Å². The van der Waals surface area contributed by atoms with E-state index in [0.717, 1.165) is 16.7 Å². The van der Waals surface area contributed by atoms with E-state index in [0.29, 0.717) is 16.5 Å². The average molecular weight is 312 g/mol. The maximum absolute atomic E-state index is 13.3. The average Bonchev–Trinajstić information content (AvgIpc) is 2.38. The molecule has 0 aromatic heterocycles. The molecule has 0 aliphatic heterocycles. The van der Waals surface area contributed by atoms with Gasteiger partial charge < -0.3 is 5.32 Å². The fourth-order valence-electron chi connectivity index (χ4n) is 2.27. The standard InChI is InChI=1S/C16H16Cl2FN/c1-10-5-12(7-13(17)6-10)16(20-2)9-11-8-14(19)3-4-15(11)18/h3-8,16,20H,9H2,1-2H3. The molecule has 0 saturated heterocycles. The Balaban J connectivity index is 2.30. The van der Waals surface area contributed by atoms with Crippen LogP contribution in [0.2, 0.25) is 10.0 Å². The molecule has 2 aromatic rings. The number of halogens is 3. The summed E-state index contributed by atoms with van der Waals surface area (Å²) in [5, 5.41) is 4.50. The van der Waals surface area contributed by atoms with E-state index >= 15 is 0 Å². The zero-order chi connectivity index (χ0) is 14.7. The van der Waals surface area contributed by atoms with Gasteiger partial charge in [0.2, 0.25) is 0 Å². The summed E-state index contributed by atoms with van der Waals surface area (Å²) in [4.78, 5) is 0. The topological polar surface area (TPSA) is 12.0 Å². The summed E-state index contributed by atoms with van der Waals surface area (Å²) in [6.45, 7) is 2.00. The molecular weight excluding hydrogens is 296 g/mol. The molecule has 1 unspecified atom stereocenters. The molecule has 1 N–H and O–H groups in total. The number of rotatable bonds is 4. The highest BCUT2D eigenvalue weighted by atomic mass is 35.5. The second kappa shape index (κ2) is 6.57. The van der Waals surface area contributed by atoms with Crippen LogP contribution in [0.5, 0.6) is 0 Å². The van der Waals surface area contributed by atoms with Gasteiger partial charge in [0.05, 0.1) is 0 Å². The Morgan fingerprint density at radius 3 is 2.55 bits per heavy atom. The molecule has 0 spiro atoms. The summed E-state index contributed by atoms with van der Waals surface area (Å²) in [5.41, 5.74) is 2.94. The van der Waals surface area contributed by atoms with Crippen LogP contribution >= 0.6 is 23.2 Å². The van der Waals surface area contributed by atoms with E-state index in [2.05, 4.69) is 11.4 Å². The van der Waals surface area contributed by atoms with Gasteiger partial charge in [-0.1, -0.05) is 29.3 Å². The highest BCUT2D eigenvalue weighted by Crippen LogP contribution is 2.26. The van der Waals surface area contributed by atoms with Crippen LogP contribution < -0.4 is 5.32 Å². The van der Waals surface area contributed by atoms with E-state index in [-0.39, 0.29) is 11.9 Å². The Hall–Kier alpha value is -1.09. The first-order valence-corrected chi connectivity index (χ1v) is 7.13. The van der Waals surface area contributed by atoms with E-state index < -0.39 is 0 Å². The molecule has 4 heteroatoms. The Morgan fingerprint density at radius 2 is 1.90 bits per heavy atom. The third-order valence-electron chi connectivity index (χ3n) is 3.25. The van der Waals surface area contributed by atoms with E-state index in [9.17, 15) is 4.39 Å². The largest absolute Gasteiger partial charge is 0.313 e. The van der Waals surface area contributed by atoms with Gasteiger partial charge in [0, 0.05) is 16.1 Å². The lowest BCUT2D eigenvalue weighted by Crippen LogP contribution is -2.19. The van der Waals surface area contributed by atoms with Crippen molar-refractivity contribution in [2.24, 2.45) is 0 Å². The molecule has 0 aliphatic rings. The van der Waals surface area contributed by atoms with Gasteiger partial charge in [-0.25, -0.2) is 4.39 Å². The maximum Gasteiger partial charge on any atom is 0.123 e. The number of hydrogen-bond donors (Lipinski definition) is 1. The molecule has 1 nitrogen and oxygen atoms in total. The van der Waals surface area contributed by atoms with Crippen molar-refractivity contribution in [2.75, 3.05) is 7.05 Å². The summed E-state index contributed by atoms with van der Waals surface area (Å²) < 4.78 is 13.3. The quantitative estimate of drug-likeness (QED) is 0.843. The maximum atomic E-state index is 13.3. The third kappa shape index (κ3) is 3.72. The first kappa shape index (κ1) is 15.3. The highest BCUT2D eigenvalue weighted by molar-refractivity contribution is 6.31. The molecule has 0 aliphatic carbocycles. The second-order valence-corrected chi connectivity index (χ2v) is 5.69. The Bertz CT molecular complexity index is 593. The van der Waals surface area contributed by atoms with Crippen molar-refractivity contribution in [1.29, 1.82) is 0 Å². The minimum atomic E-state index is -0.276. The minimum absolute atomic E-state index is 0.0340. The molecule has 0 fully saturated rings. The fourth-order valence-corrected chi connectivity index (χ4v) is 2.76. The predicted molar refractivity (Wildman–Crippen MR) is 83.1 cm³/mol. The van der Waals surface area contributed by atoms with Crippen molar-refractivity contribution in [2.45, 2.75) is 19.4 Å². The van der Waals surface area contributed by atoms with Gasteiger partial charge >= 0.3 is 0 Å². The first-order chi connectivity index (χ1) is 9.49. The number of benzene rings is 2. The molecule has 20 heavy (non-hydrogen) atoms. The normalized spacial score (nSPS) is 12.4. The van der Waals surface area contributed by atoms with Crippen molar-refractivity contribution in [1.82, 2.24) is 5.32 Å². The minimum Gasteiger partial charge on any atom is -0.313 e. The first-order valence-electron chi connectivity index (χ1n) is 6.38. The van der Waals surface area contributed by atoms with E-state index in [1.165, 1.54) is 12.1 Å². The smallest absolute Gasteiger partial charge is 0.123 e. The molecule has 0 saturated carbocycles. The summed E-state index contributed by atoms with van der Waals surface area (Å²) >= 11 is 12.2. The SMILES string of the molecule is CNC(Cc1cc(F)ccc1Cl)c1cc(C)cc(Cl)c1. The van der Waals surface area contributed by atoms with Crippen LogP contribution in [0.15, 0.2) is 36.4 Å². The number of hydrogen-bond acceptors (Lipinski definition) is 1. The predicted octanol–water partition coefficient (Wildman–Crippen LogP) is 4.94. The Kier molecular flexibility index (Phi) is 5.03. The van der Waals surface area contributed by atoms with Crippen LogP contribution in [0.25, 0.3) is 0 Å². The van der Waals surface area contributed by atoms with E-state index in [1.54, 1.807) is 6.07 Å². The number of nitrogens with one attached hydrogen (secondary N) is 1. The van der Waals surface area contributed by atoms with Crippen molar-refractivity contribution in [3.63, 3.8) is 0 Å². The van der Waals surface area contributed by atoms with Crippen LogP contribution in [0.1, 0.15) is 22.7 Å². The summed E-state index contributed by atoms with van der Waals surface area (Å²) in [7, 11) is 1.87. The lowest BCUT2D eigenvalue weighted by molar-refractivity contribution is 0.584. The summed E-state index contributed by atoms with van der Waals surface area (Å²) in [6, 6.07) is 10.4. The zero-order valence-electron chi connectivity index (χ0n) is 11.4. The number of likely N-dealkylation sites (N-methyl/N-ethyl adjacent to an activating group) is 1. The summed E-state index contributed by atoms with van der Waals surface area (Å²) in [6.07, 6.45) is 0.604. The lowest BCUT2D eigenvalue weighted by Gasteiger charge is -2.18. The van der Waals surface area contributed by atoms with Crippen LogP contribution in [0.4, 0.5) is 4.39 Å². The molecule has 0 radical (unpaired) electrons. The molecule has 0 bridgehead atoms. The van der Waals surface area contributed by atoms with Crippen molar-refractivity contribution < 1.29 is 4.39 Å². The van der Waals surface area contributed by atoms with E-state index in [4.69, 9.17) is 23.2 Å². The molecule has 1 atom stereocenters. The second-order valence-electron chi connectivity index (χ2n) is 4.84. The van der Waals surface area contributed by atoms with Crippen molar-refractivity contribution >= 4 is 23.2 Å². The molecule has 2 rings (SSSR count). The van der Waals surface area contributed by atoms with Gasteiger partial charge in [0.15, 0.2) is 0 Å². The fraction of sp³-hybridized carbons (Fsp3) is 0.250. The van der Waals surface area contributed by atoms with Crippen LogP contribution in [0.3, 0.4) is 0 Å². The van der Waals surface area contributed by atoms with Gasteiger partial charge in [0.25, 0.3) is 0 Å². The van der Waals surface area contributed by atoms with Gasteiger partial charge in [0.1, 0.15) is 5.82 Å². The zero-order valence-corrected chi connectivity index (χ0v) is 12.9. The van der Waals surface area contributed by atoms with Crippen molar-refractivity contribution in [3.05, 3.63) is 69.0 Å². The molecule has 106 valence electrons. The van der Waals surface area contributed by atoms with E-state index in [1.807, 2.05) is 26.1 Å². The van der Waals surface area contributed by atoms with Gasteiger partial charge in [-0.05, 0) is 67.4 Å². The third-order valence-corrected chi connectivity index (χ3v) is 3.83. The molecular formula is C16H16Cl2FN. The molecule has 0 heterocycles. The Labute approximate surface area is 128 Å². The number of aryl methyl sites for hydroxylation is 1. The van der Waals surface area contributed by atoms with Crippen molar-refractivity contribution in [3.8, 4) is 0 Å². The lowest BCUT2D eigenvalue weighted by atomic mass is 9.97. The van der Waals surface area contributed by atoms with Crippen LogP contribution in [-0.2, 0) is 6.42 Å². The summed E-state index contributed by atoms with van der Waals surface area (Å²) in [5.74, 6) is -0.276. The van der Waals surface area contributed by atoms with Gasteiger partial charge in [-0.2, -0.15) is 0 Å². The molecule has 2 aromatic carbocycles. The highest BCUT2D eigenvalue weighted by Gasteiger charge is 2.14. The monoisotopic (exact) mass is 311 g/mol. The van der Waals surface area contributed by atoms with Crippen LogP contribution in [-0.4, -0.2) is 7.05 Å². The van der Waals surface area contributed by atoms with Gasteiger partial charge in [-0.15, -0.1) is 0 Å². The van der Waals surface area contributed by atoms with Gasteiger partial charge in [-0.3, -0.25) is 0 Å². The Morgan fingerprint density at radius 1 is 1.15 bits per heavy atom. The molecule has 0 amide bonds.